The van der Waals surface area contributed by atoms with Gasteiger partial charge in [0.1, 0.15) is 5.69 Å². The van der Waals surface area contributed by atoms with E-state index in [1.165, 1.54) is 0 Å². The molecule has 0 spiro atoms. The Kier molecular flexibility index (Phi) is 4.13. The van der Waals surface area contributed by atoms with Gasteiger partial charge in [0.05, 0.1) is 41.9 Å². The number of ether oxygens (including phenoxy) is 1. The van der Waals surface area contributed by atoms with Crippen LogP contribution in [0.4, 0.5) is 5.82 Å². The van der Waals surface area contributed by atoms with Gasteiger partial charge in [0.25, 0.3) is 0 Å². The lowest BCUT2D eigenvalue weighted by atomic mass is 10.1. The maximum atomic E-state index is 5.63. The Hall–Kier alpha value is -3.20. The Morgan fingerprint density at radius 1 is 1.24 bits per heavy atom. The van der Waals surface area contributed by atoms with Crippen LogP contribution in [0.3, 0.4) is 0 Å². The van der Waals surface area contributed by atoms with E-state index < -0.39 is 0 Å². The number of morpholine rings is 1. The minimum absolute atomic E-state index is 0.246. The SMILES string of the molecule is Cc1cc(-c2nc(C)c3c(-c4ccnn4C)cc(N4CCOC[C@H]4C)nn23)[nH]n1. The molecule has 9 heteroatoms. The Morgan fingerprint density at radius 2 is 2.10 bits per heavy atom. The van der Waals surface area contributed by atoms with Crippen LogP contribution in [-0.2, 0) is 11.8 Å². The highest BCUT2D eigenvalue weighted by atomic mass is 16.5. The molecule has 0 aromatic carbocycles. The van der Waals surface area contributed by atoms with E-state index in [1.807, 2.05) is 48.4 Å². The van der Waals surface area contributed by atoms with Crippen molar-refractivity contribution < 1.29 is 4.74 Å². The zero-order valence-electron chi connectivity index (χ0n) is 17.0. The van der Waals surface area contributed by atoms with E-state index in [9.17, 15) is 0 Å². The fourth-order valence-corrected chi connectivity index (χ4v) is 4.01. The monoisotopic (exact) mass is 392 g/mol. The highest BCUT2D eigenvalue weighted by Gasteiger charge is 2.25. The summed E-state index contributed by atoms with van der Waals surface area (Å²) in [5.41, 5.74) is 5.73. The van der Waals surface area contributed by atoms with Crippen LogP contribution >= 0.6 is 0 Å². The van der Waals surface area contributed by atoms with Crippen LogP contribution in [0.2, 0.25) is 0 Å². The number of fused-ring (bicyclic) bond motifs is 1. The summed E-state index contributed by atoms with van der Waals surface area (Å²) in [6, 6.07) is 6.40. The number of anilines is 1. The van der Waals surface area contributed by atoms with Crippen LogP contribution in [0.5, 0.6) is 0 Å². The first-order valence-corrected chi connectivity index (χ1v) is 9.78. The highest BCUT2D eigenvalue weighted by molar-refractivity contribution is 5.83. The first-order valence-electron chi connectivity index (χ1n) is 9.78. The molecule has 0 bridgehead atoms. The summed E-state index contributed by atoms with van der Waals surface area (Å²) < 4.78 is 9.44. The van der Waals surface area contributed by atoms with Crippen LogP contribution in [0.25, 0.3) is 28.3 Å². The molecule has 4 aromatic rings. The summed E-state index contributed by atoms with van der Waals surface area (Å²) in [7, 11) is 1.95. The minimum atomic E-state index is 0.246. The largest absolute Gasteiger partial charge is 0.377 e. The van der Waals surface area contributed by atoms with Crippen LogP contribution in [0.1, 0.15) is 18.3 Å². The number of aromatic nitrogens is 7. The summed E-state index contributed by atoms with van der Waals surface area (Å²) in [5.74, 6) is 1.66. The average Bonchev–Trinajstić information content (AvgIpc) is 3.41. The third-order valence-corrected chi connectivity index (χ3v) is 5.47. The van der Waals surface area contributed by atoms with E-state index in [-0.39, 0.29) is 6.04 Å². The van der Waals surface area contributed by atoms with Crippen LogP contribution in [-0.4, -0.2) is 60.4 Å². The van der Waals surface area contributed by atoms with Crippen LogP contribution < -0.4 is 4.90 Å². The molecule has 1 atom stereocenters. The Morgan fingerprint density at radius 3 is 2.79 bits per heavy atom. The molecule has 9 nitrogen and oxygen atoms in total. The van der Waals surface area contributed by atoms with E-state index in [0.717, 1.165) is 52.0 Å². The second kappa shape index (κ2) is 6.70. The van der Waals surface area contributed by atoms with Crippen molar-refractivity contribution in [3.05, 3.63) is 35.8 Å². The molecule has 0 aliphatic carbocycles. The molecule has 0 saturated carbocycles. The Bertz CT molecular complexity index is 1190. The van der Waals surface area contributed by atoms with Crippen molar-refractivity contribution in [1.82, 2.24) is 34.6 Å². The van der Waals surface area contributed by atoms with Crippen LogP contribution in [0.15, 0.2) is 24.4 Å². The van der Waals surface area contributed by atoms with E-state index in [1.54, 1.807) is 0 Å². The molecule has 29 heavy (non-hydrogen) atoms. The first kappa shape index (κ1) is 17.9. The van der Waals surface area contributed by atoms with Crippen molar-refractivity contribution in [1.29, 1.82) is 0 Å². The van der Waals surface area contributed by atoms with E-state index in [2.05, 4.69) is 33.2 Å². The van der Waals surface area contributed by atoms with Crippen molar-refractivity contribution in [2.75, 3.05) is 24.7 Å². The fourth-order valence-electron chi connectivity index (χ4n) is 4.01. The van der Waals surface area contributed by atoms with Gasteiger partial charge in [-0.1, -0.05) is 0 Å². The third-order valence-electron chi connectivity index (χ3n) is 5.47. The van der Waals surface area contributed by atoms with Gasteiger partial charge in [-0.25, -0.2) is 9.50 Å². The van der Waals surface area contributed by atoms with Gasteiger partial charge in [0, 0.05) is 25.4 Å². The smallest absolute Gasteiger partial charge is 0.179 e. The first-order chi connectivity index (χ1) is 14.0. The lowest BCUT2D eigenvalue weighted by molar-refractivity contribution is 0.0984. The Balaban J connectivity index is 1.80. The molecule has 5 heterocycles. The van der Waals surface area contributed by atoms with Crippen molar-refractivity contribution in [3.63, 3.8) is 0 Å². The van der Waals surface area contributed by atoms with Crippen molar-refractivity contribution in [2.24, 2.45) is 7.05 Å². The molecule has 1 aliphatic rings. The number of hydrogen-bond donors (Lipinski definition) is 1. The second-order valence-electron chi connectivity index (χ2n) is 7.58. The molecule has 1 saturated heterocycles. The molecule has 0 radical (unpaired) electrons. The molecule has 0 amide bonds. The molecule has 5 rings (SSSR count). The van der Waals surface area contributed by atoms with E-state index >= 15 is 0 Å². The fraction of sp³-hybridized carbons (Fsp3) is 0.400. The Labute approximate surface area is 168 Å². The number of H-pyrrole nitrogens is 1. The van der Waals surface area contributed by atoms with Crippen molar-refractivity contribution in [2.45, 2.75) is 26.8 Å². The molecular weight excluding hydrogens is 368 g/mol. The van der Waals surface area contributed by atoms with Crippen LogP contribution in [0, 0.1) is 13.8 Å². The standard InChI is InChI=1S/C20H24N8O/c1-12-9-16(24-23-12)20-22-14(3)19-15(17-5-6-21-26(17)4)10-18(25-28(19)20)27-7-8-29-11-13(27)2/h5-6,9-10,13H,7-8,11H2,1-4H3,(H,23,24)/t13-/m1/s1. The summed E-state index contributed by atoms with van der Waals surface area (Å²) >= 11 is 0. The van der Waals surface area contributed by atoms with Gasteiger partial charge in [0.2, 0.25) is 0 Å². The number of imidazole rings is 1. The zero-order valence-corrected chi connectivity index (χ0v) is 17.0. The summed E-state index contributed by atoms with van der Waals surface area (Å²) in [4.78, 5) is 7.13. The average molecular weight is 392 g/mol. The van der Waals surface area contributed by atoms with E-state index in [0.29, 0.717) is 13.2 Å². The normalized spacial score (nSPS) is 17.4. The lowest BCUT2D eigenvalue weighted by Gasteiger charge is -2.34. The van der Waals surface area contributed by atoms with Gasteiger partial charge in [-0.15, -0.1) is 5.10 Å². The maximum absolute atomic E-state index is 5.63. The van der Waals surface area contributed by atoms with Gasteiger partial charge in [0.15, 0.2) is 11.6 Å². The molecule has 150 valence electrons. The number of nitrogens with zero attached hydrogens (tertiary/aromatic N) is 7. The summed E-state index contributed by atoms with van der Waals surface area (Å²) in [5, 5.41) is 16.7. The zero-order chi connectivity index (χ0) is 20.1. The molecule has 1 aliphatic heterocycles. The lowest BCUT2D eigenvalue weighted by Crippen LogP contribution is -2.44. The number of aromatic amines is 1. The molecule has 1 N–H and O–H groups in total. The van der Waals surface area contributed by atoms with Gasteiger partial charge < -0.3 is 9.64 Å². The minimum Gasteiger partial charge on any atom is -0.377 e. The maximum Gasteiger partial charge on any atom is 0.179 e. The predicted molar refractivity (Wildman–Crippen MR) is 110 cm³/mol. The molecule has 0 unspecified atom stereocenters. The van der Waals surface area contributed by atoms with Crippen molar-refractivity contribution >= 4 is 11.3 Å². The molecule has 4 aromatic heterocycles. The summed E-state index contributed by atoms with van der Waals surface area (Å²) in [6.07, 6.45) is 1.81. The predicted octanol–water partition coefficient (Wildman–Crippen LogP) is 2.36. The second-order valence-corrected chi connectivity index (χ2v) is 7.58. The molecular formula is C20H24N8O. The van der Waals surface area contributed by atoms with Crippen molar-refractivity contribution in [3.8, 4) is 22.8 Å². The number of aryl methyl sites for hydroxylation is 3. The number of nitrogens with one attached hydrogen (secondary N) is 1. The quantitative estimate of drug-likeness (QED) is 0.576. The van der Waals surface area contributed by atoms with Gasteiger partial charge >= 0.3 is 0 Å². The topological polar surface area (TPSA) is 89.2 Å². The third kappa shape index (κ3) is 2.89. The van der Waals surface area contributed by atoms with Gasteiger partial charge in [-0.05, 0) is 39.0 Å². The number of hydrogen-bond acceptors (Lipinski definition) is 6. The van der Waals surface area contributed by atoms with Gasteiger partial charge in [-0.3, -0.25) is 9.78 Å². The number of rotatable bonds is 3. The highest BCUT2D eigenvalue weighted by Crippen LogP contribution is 2.33. The van der Waals surface area contributed by atoms with E-state index in [4.69, 9.17) is 14.8 Å². The molecule has 1 fully saturated rings. The van der Waals surface area contributed by atoms with Gasteiger partial charge in [-0.2, -0.15) is 10.2 Å². The summed E-state index contributed by atoms with van der Waals surface area (Å²) in [6.45, 7) is 8.32.